The van der Waals surface area contributed by atoms with Gasteiger partial charge >= 0.3 is 5.97 Å². The van der Waals surface area contributed by atoms with E-state index in [2.05, 4.69) is 5.32 Å². The number of para-hydroxylation sites is 2. The van der Waals surface area contributed by atoms with Gasteiger partial charge in [0.2, 0.25) is 0 Å². The zero-order valence-electron chi connectivity index (χ0n) is 13.7. The highest BCUT2D eigenvalue weighted by atomic mass is 35.5. The molecule has 0 atom stereocenters. The molecule has 0 bridgehead atoms. The van der Waals surface area contributed by atoms with Crippen molar-refractivity contribution in [2.45, 2.75) is 6.92 Å². The second-order valence-electron chi connectivity index (χ2n) is 4.88. The highest BCUT2D eigenvalue weighted by Gasteiger charge is 2.11. The van der Waals surface area contributed by atoms with Crippen LogP contribution >= 0.6 is 11.6 Å². The number of benzene rings is 2. The molecule has 0 saturated heterocycles. The predicted molar refractivity (Wildman–Crippen MR) is 94.1 cm³/mol. The molecular weight excluding hydrogens is 346 g/mol. The van der Waals surface area contributed by atoms with Crippen molar-refractivity contribution in [2.24, 2.45) is 0 Å². The molecule has 0 fully saturated rings. The van der Waals surface area contributed by atoms with Crippen LogP contribution in [0.4, 0.5) is 5.69 Å². The molecule has 0 aromatic heterocycles. The van der Waals surface area contributed by atoms with Crippen molar-refractivity contribution in [2.75, 3.05) is 25.1 Å². The normalized spacial score (nSPS) is 10.0. The van der Waals surface area contributed by atoms with Crippen molar-refractivity contribution in [3.8, 4) is 11.5 Å². The smallest absolute Gasteiger partial charge is 0.344 e. The molecule has 1 amide bonds. The number of hydrogen-bond donors (Lipinski definition) is 1. The van der Waals surface area contributed by atoms with Gasteiger partial charge in [-0.3, -0.25) is 4.79 Å². The first kappa shape index (κ1) is 18.6. The summed E-state index contributed by atoms with van der Waals surface area (Å²) < 4.78 is 15.5. The van der Waals surface area contributed by atoms with E-state index in [1.54, 1.807) is 48.5 Å². The molecule has 2 rings (SSSR count). The molecule has 7 heteroatoms. The monoisotopic (exact) mass is 363 g/mol. The number of ether oxygens (including phenoxy) is 3. The molecule has 0 saturated carbocycles. The lowest BCUT2D eigenvalue weighted by atomic mass is 10.3. The first-order chi connectivity index (χ1) is 12.1. The molecular formula is C18H18ClNO5. The number of carbonyl (C=O) groups is 2. The van der Waals surface area contributed by atoms with Crippen molar-refractivity contribution >= 4 is 29.2 Å². The van der Waals surface area contributed by atoms with Crippen molar-refractivity contribution in [3.05, 3.63) is 53.6 Å². The van der Waals surface area contributed by atoms with Gasteiger partial charge in [-0.1, -0.05) is 29.8 Å². The Hall–Kier alpha value is -2.73. The minimum Gasteiger partial charge on any atom is -0.492 e. The van der Waals surface area contributed by atoms with Gasteiger partial charge in [-0.25, -0.2) is 4.79 Å². The van der Waals surface area contributed by atoms with Gasteiger partial charge in [0.05, 0.1) is 12.3 Å². The summed E-state index contributed by atoms with van der Waals surface area (Å²) >= 11 is 5.82. The Labute approximate surface area is 150 Å². The zero-order chi connectivity index (χ0) is 18.1. The third kappa shape index (κ3) is 6.35. The third-order valence-electron chi connectivity index (χ3n) is 2.98. The van der Waals surface area contributed by atoms with E-state index >= 15 is 0 Å². The van der Waals surface area contributed by atoms with Crippen LogP contribution in [0.1, 0.15) is 6.92 Å². The van der Waals surface area contributed by atoms with Crippen LogP contribution in [-0.4, -0.2) is 31.7 Å². The van der Waals surface area contributed by atoms with Crippen LogP contribution in [0.2, 0.25) is 5.02 Å². The summed E-state index contributed by atoms with van der Waals surface area (Å²) in [6, 6.07) is 13.6. The van der Waals surface area contributed by atoms with E-state index in [4.69, 9.17) is 25.8 Å². The van der Waals surface area contributed by atoms with Gasteiger partial charge in [-0.2, -0.15) is 0 Å². The summed E-state index contributed by atoms with van der Waals surface area (Å²) in [7, 11) is 0. The molecule has 0 aliphatic carbocycles. The molecule has 0 radical (unpaired) electrons. The lowest BCUT2D eigenvalue weighted by molar-refractivity contribution is -0.149. The Morgan fingerprint density at radius 2 is 1.84 bits per heavy atom. The molecule has 6 nitrogen and oxygen atoms in total. The van der Waals surface area contributed by atoms with Gasteiger partial charge in [0, 0.05) is 5.02 Å². The second-order valence-corrected chi connectivity index (χ2v) is 5.32. The van der Waals surface area contributed by atoms with E-state index in [0.29, 0.717) is 28.8 Å². The fourth-order valence-corrected chi connectivity index (χ4v) is 2.10. The summed E-state index contributed by atoms with van der Waals surface area (Å²) in [5, 5.41) is 3.13. The van der Waals surface area contributed by atoms with E-state index in [0.717, 1.165) is 0 Å². The molecule has 0 spiro atoms. The van der Waals surface area contributed by atoms with Gasteiger partial charge in [0.1, 0.15) is 11.5 Å². The van der Waals surface area contributed by atoms with E-state index in [-0.39, 0.29) is 6.61 Å². The number of amides is 1. The molecule has 0 aliphatic rings. The van der Waals surface area contributed by atoms with Crippen LogP contribution in [0.15, 0.2) is 48.5 Å². The summed E-state index contributed by atoms with van der Waals surface area (Å²) in [6.07, 6.45) is 0. The molecule has 0 aliphatic heterocycles. The second kappa shape index (κ2) is 9.54. The highest BCUT2D eigenvalue weighted by Crippen LogP contribution is 2.23. The number of nitrogens with one attached hydrogen (secondary N) is 1. The van der Waals surface area contributed by atoms with Crippen LogP contribution in [0.3, 0.4) is 0 Å². The average molecular weight is 364 g/mol. The fourth-order valence-electron chi connectivity index (χ4n) is 1.92. The number of halogens is 1. The Balaban J connectivity index is 1.77. The molecule has 0 heterocycles. The average Bonchev–Trinajstić information content (AvgIpc) is 2.60. The van der Waals surface area contributed by atoms with Gasteiger partial charge in [0.25, 0.3) is 5.91 Å². The predicted octanol–water partition coefficient (Wildman–Crippen LogP) is 3.30. The number of carbonyl (C=O) groups excluding carboxylic acids is 2. The third-order valence-corrected chi connectivity index (χ3v) is 3.21. The van der Waals surface area contributed by atoms with Crippen molar-refractivity contribution in [1.29, 1.82) is 0 Å². The minimum absolute atomic E-state index is 0.316. The molecule has 2 aromatic carbocycles. The molecule has 132 valence electrons. The largest absolute Gasteiger partial charge is 0.492 e. The summed E-state index contributed by atoms with van der Waals surface area (Å²) in [5.74, 6) is -0.134. The van der Waals surface area contributed by atoms with E-state index in [1.807, 2.05) is 6.92 Å². The van der Waals surface area contributed by atoms with Crippen LogP contribution in [-0.2, 0) is 14.3 Å². The summed E-state index contributed by atoms with van der Waals surface area (Å²) in [6.45, 7) is 1.59. The number of hydrogen-bond acceptors (Lipinski definition) is 5. The van der Waals surface area contributed by atoms with Gasteiger partial charge in [0.15, 0.2) is 13.2 Å². The Morgan fingerprint density at radius 3 is 2.60 bits per heavy atom. The van der Waals surface area contributed by atoms with Gasteiger partial charge in [-0.15, -0.1) is 0 Å². The van der Waals surface area contributed by atoms with E-state index < -0.39 is 18.5 Å². The first-order valence-corrected chi connectivity index (χ1v) is 8.02. The standard InChI is InChI=1S/C18H18ClNO5/c1-2-23-16-9-4-3-8-15(16)20-17(21)11-25-18(22)12-24-14-7-5-6-13(19)10-14/h3-10H,2,11-12H2,1H3,(H,20,21). The van der Waals surface area contributed by atoms with Crippen molar-refractivity contribution in [3.63, 3.8) is 0 Å². The first-order valence-electron chi connectivity index (χ1n) is 7.64. The van der Waals surface area contributed by atoms with Crippen LogP contribution < -0.4 is 14.8 Å². The molecule has 0 unspecified atom stereocenters. The fraction of sp³-hybridized carbons (Fsp3) is 0.222. The summed E-state index contributed by atoms with van der Waals surface area (Å²) in [5.41, 5.74) is 0.514. The van der Waals surface area contributed by atoms with E-state index in [9.17, 15) is 9.59 Å². The Kier molecular flexibility index (Phi) is 7.10. The van der Waals surface area contributed by atoms with Crippen LogP contribution in [0.5, 0.6) is 11.5 Å². The van der Waals surface area contributed by atoms with Gasteiger partial charge < -0.3 is 19.5 Å². The zero-order valence-corrected chi connectivity index (χ0v) is 14.4. The quantitative estimate of drug-likeness (QED) is 0.728. The SMILES string of the molecule is CCOc1ccccc1NC(=O)COC(=O)COc1cccc(Cl)c1. The number of anilines is 1. The van der Waals surface area contributed by atoms with Crippen molar-refractivity contribution < 1.29 is 23.8 Å². The van der Waals surface area contributed by atoms with Crippen LogP contribution in [0, 0.1) is 0 Å². The Morgan fingerprint density at radius 1 is 1.04 bits per heavy atom. The highest BCUT2D eigenvalue weighted by molar-refractivity contribution is 6.30. The summed E-state index contributed by atoms with van der Waals surface area (Å²) in [4.78, 5) is 23.5. The maximum absolute atomic E-state index is 11.9. The van der Waals surface area contributed by atoms with Crippen LogP contribution in [0.25, 0.3) is 0 Å². The molecule has 2 aromatic rings. The van der Waals surface area contributed by atoms with Gasteiger partial charge in [-0.05, 0) is 37.3 Å². The van der Waals surface area contributed by atoms with E-state index in [1.165, 1.54) is 0 Å². The number of esters is 1. The Bertz CT molecular complexity index is 735. The van der Waals surface area contributed by atoms with Crippen molar-refractivity contribution in [1.82, 2.24) is 0 Å². The lowest BCUT2D eigenvalue weighted by Crippen LogP contribution is -2.23. The number of rotatable bonds is 8. The topological polar surface area (TPSA) is 73.9 Å². The minimum atomic E-state index is -0.659. The molecule has 1 N–H and O–H groups in total. The molecule has 25 heavy (non-hydrogen) atoms. The maximum atomic E-state index is 11.9. The lowest BCUT2D eigenvalue weighted by Gasteiger charge is -2.11. The maximum Gasteiger partial charge on any atom is 0.344 e.